The van der Waals surface area contributed by atoms with E-state index >= 15 is 0 Å². The molecule has 0 aromatic heterocycles. The van der Waals surface area contributed by atoms with E-state index in [0.717, 1.165) is 31.2 Å². The minimum absolute atomic E-state index is 0.0792. The highest BCUT2D eigenvalue weighted by Crippen LogP contribution is 2.37. The highest BCUT2D eigenvalue weighted by atomic mass is 35.5. The molecule has 1 aliphatic rings. The number of ether oxygens (including phenoxy) is 1. The van der Waals surface area contributed by atoms with Gasteiger partial charge in [-0.15, -0.1) is 0 Å². The maximum Gasteiger partial charge on any atom is 0.225 e. The number of hydrogen-bond acceptors (Lipinski definition) is 3. The number of methoxy groups -OCH3 is 1. The number of hydrogen-bond donors (Lipinski definition) is 2. The Morgan fingerprint density at radius 3 is 2.61 bits per heavy atom. The van der Waals surface area contributed by atoms with Gasteiger partial charge in [-0.2, -0.15) is 0 Å². The Labute approximate surface area is 141 Å². The van der Waals surface area contributed by atoms with Gasteiger partial charge in [0.05, 0.1) is 17.5 Å². The summed E-state index contributed by atoms with van der Waals surface area (Å²) in [6.07, 6.45) is 4.43. The number of benzene rings is 1. The summed E-state index contributed by atoms with van der Waals surface area (Å²) in [7, 11) is 1.56. The van der Waals surface area contributed by atoms with Gasteiger partial charge in [-0.1, -0.05) is 30.5 Å². The predicted molar refractivity (Wildman–Crippen MR) is 89.4 cm³/mol. The smallest absolute Gasteiger partial charge is 0.225 e. The van der Waals surface area contributed by atoms with Crippen molar-refractivity contribution >= 4 is 23.4 Å². The third-order valence-electron chi connectivity index (χ3n) is 4.56. The zero-order valence-electron chi connectivity index (χ0n) is 13.4. The van der Waals surface area contributed by atoms with Gasteiger partial charge in [0, 0.05) is 13.0 Å². The van der Waals surface area contributed by atoms with Crippen LogP contribution in [-0.4, -0.2) is 25.5 Å². The summed E-state index contributed by atoms with van der Waals surface area (Å²) < 4.78 is 5.10. The molecule has 2 amide bonds. The third kappa shape index (κ3) is 4.38. The minimum Gasteiger partial charge on any atom is -0.495 e. The van der Waals surface area contributed by atoms with E-state index < -0.39 is 5.41 Å². The van der Waals surface area contributed by atoms with Gasteiger partial charge in [-0.05, 0) is 37.0 Å². The molecule has 1 aliphatic carbocycles. The average Bonchev–Trinajstić information content (AvgIpc) is 3.01. The minimum atomic E-state index is -0.556. The molecule has 2 rings (SSSR count). The Balaban J connectivity index is 1.83. The molecule has 0 saturated heterocycles. The van der Waals surface area contributed by atoms with Crippen molar-refractivity contribution in [2.45, 2.75) is 38.5 Å². The zero-order valence-corrected chi connectivity index (χ0v) is 14.1. The van der Waals surface area contributed by atoms with Crippen molar-refractivity contribution in [2.24, 2.45) is 11.1 Å². The van der Waals surface area contributed by atoms with Crippen LogP contribution in [0.2, 0.25) is 5.02 Å². The fraction of sp³-hybridized carbons (Fsp3) is 0.529. The van der Waals surface area contributed by atoms with E-state index in [9.17, 15) is 9.59 Å². The number of carbonyl (C=O) groups excluding carboxylic acids is 2. The molecule has 3 N–H and O–H groups in total. The first-order valence-electron chi connectivity index (χ1n) is 7.86. The predicted octanol–water partition coefficient (Wildman–Crippen LogP) is 2.44. The van der Waals surface area contributed by atoms with E-state index in [1.165, 1.54) is 0 Å². The van der Waals surface area contributed by atoms with Crippen LogP contribution in [0.5, 0.6) is 5.75 Å². The standard InChI is InChI=1S/C17H23ClN2O3/c1-23-14-6-4-12(10-13(14)18)5-7-15(21)20-11-17(16(19)22)8-2-3-9-17/h4,6,10H,2-3,5,7-9,11H2,1H3,(H2,19,22)(H,20,21). The van der Waals surface area contributed by atoms with E-state index in [1.54, 1.807) is 19.2 Å². The van der Waals surface area contributed by atoms with Gasteiger partial charge < -0.3 is 15.8 Å². The molecule has 0 bridgehead atoms. The van der Waals surface area contributed by atoms with Crippen LogP contribution < -0.4 is 15.8 Å². The summed E-state index contributed by atoms with van der Waals surface area (Å²) in [5, 5.41) is 3.39. The fourth-order valence-corrected chi connectivity index (χ4v) is 3.32. The molecule has 23 heavy (non-hydrogen) atoms. The van der Waals surface area contributed by atoms with E-state index in [4.69, 9.17) is 22.1 Å². The van der Waals surface area contributed by atoms with Gasteiger partial charge in [0.1, 0.15) is 5.75 Å². The van der Waals surface area contributed by atoms with Gasteiger partial charge >= 0.3 is 0 Å². The molecule has 0 unspecified atom stereocenters. The van der Waals surface area contributed by atoms with Crippen molar-refractivity contribution in [3.63, 3.8) is 0 Å². The first kappa shape index (κ1) is 17.6. The number of amides is 2. The number of rotatable bonds is 7. The highest BCUT2D eigenvalue weighted by Gasteiger charge is 2.39. The Bertz CT molecular complexity index is 583. The molecule has 126 valence electrons. The summed E-state index contributed by atoms with van der Waals surface area (Å²) in [5.41, 5.74) is 5.92. The van der Waals surface area contributed by atoms with E-state index in [0.29, 0.717) is 30.2 Å². The van der Waals surface area contributed by atoms with Gasteiger partial charge in [0.25, 0.3) is 0 Å². The Morgan fingerprint density at radius 1 is 1.35 bits per heavy atom. The number of nitrogens with one attached hydrogen (secondary N) is 1. The molecule has 1 aromatic carbocycles. The maximum absolute atomic E-state index is 12.0. The third-order valence-corrected chi connectivity index (χ3v) is 4.86. The number of aryl methyl sites for hydroxylation is 1. The molecular formula is C17H23ClN2O3. The maximum atomic E-state index is 12.0. The van der Waals surface area contributed by atoms with Gasteiger partial charge in [0.2, 0.25) is 11.8 Å². The summed E-state index contributed by atoms with van der Waals surface area (Å²) >= 11 is 6.07. The molecule has 5 nitrogen and oxygen atoms in total. The molecule has 1 saturated carbocycles. The molecule has 0 heterocycles. The van der Waals surface area contributed by atoms with Crippen LogP contribution in [0.4, 0.5) is 0 Å². The Hall–Kier alpha value is -1.75. The average molecular weight is 339 g/mol. The van der Waals surface area contributed by atoms with Crippen LogP contribution in [0.3, 0.4) is 0 Å². The number of nitrogens with two attached hydrogens (primary N) is 1. The van der Waals surface area contributed by atoms with Gasteiger partial charge in [-0.25, -0.2) is 0 Å². The molecule has 1 fully saturated rings. The molecule has 0 atom stereocenters. The lowest BCUT2D eigenvalue weighted by Gasteiger charge is -2.25. The summed E-state index contributed by atoms with van der Waals surface area (Å²) in [6.45, 7) is 0.338. The van der Waals surface area contributed by atoms with Crippen molar-refractivity contribution in [1.82, 2.24) is 5.32 Å². The van der Waals surface area contributed by atoms with Crippen LogP contribution in [-0.2, 0) is 16.0 Å². The van der Waals surface area contributed by atoms with Crippen LogP contribution in [0.1, 0.15) is 37.7 Å². The lowest BCUT2D eigenvalue weighted by atomic mass is 9.85. The van der Waals surface area contributed by atoms with Crippen LogP contribution in [0, 0.1) is 5.41 Å². The monoisotopic (exact) mass is 338 g/mol. The second-order valence-corrected chi connectivity index (χ2v) is 6.50. The van der Waals surface area contributed by atoms with Gasteiger partial charge in [0.15, 0.2) is 0 Å². The van der Waals surface area contributed by atoms with Crippen molar-refractivity contribution < 1.29 is 14.3 Å². The first-order valence-corrected chi connectivity index (χ1v) is 8.24. The highest BCUT2D eigenvalue weighted by molar-refractivity contribution is 6.32. The molecular weight excluding hydrogens is 316 g/mol. The topological polar surface area (TPSA) is 81.4 Å². The Kier molecular flexibility index (Phi) is 5.88. The van der Waals surface area contributed by atoms with Crippen LogP contribution in [0.25, 0.3) is 0 Å². The fourth-order valence-electron chi connectivity index (χ4n) is 3.04. The number of carbonyl (C=O) groups is 2. The quantitative estimate of drug-likeness (QED) is 0.801. The number of primary amides is 1. The number of halogens is 1. The van der Waals surface area contributed by atoms with Crippen molar-refractivity contribution in [3.8, 4) is 5.75 Å². The molecule has 0 aliphatic heterocycles. The summed E-state index contributed by atoms with van der Waals surface area (Å²) in [6, 6.07) is 5.48. The Morgan fingerprint density at radius 2 is 2.04 bits per heavy atom. The zero-order chi connectivity index (χ0) is 16.9. The van der Waals surface area contributed by atoms with Gasteiger partial charge in [-0.3, -0.25) is 9.59 Å². The molecule has 6 heteroatoms. The van der Waals surface area contributed by atoms with Crippen molar-refractivity contribution in [1.29, 1.82) is 0 Å². The second kappa shape index (κ2) is 7.68. The first-order chi connectivity index (χ1) is 11.0. The van der Waals surface area contributed by atoms with E-state index in [2.05, 4.69) is 5.32 Å². The summed E-state index contributed by atoms with van der Waals surface area (Å²) in [5.74, 6) is 0.228. The normalized spacial score (nSPS) is 16.1. The lowest BCUT2D eigenvalue weighted by Crippen LogP contribution is -2.44. The lowest BCUT2D eigenvalue weighted by molar-refractivity contribution is -0.128. The summed E-state index contributed by atoms with van der Waals surface area (Å²) in [4.78, 5) is 23.7. The van der Waals surface area contributed by atoms with E-state index in [-0.39, 0.29) is 11.8 Å². The second-order valence-electron chi connectivity index (χ2n) is 6.10. The molecule has 0 radical (unpaired) electrons. The van der Waals surface area contributed by atoms with Crippen molar-refractivity contribution in [3.05, 3.63) is 28.8 Å². The SMILES string of the molecule is COc1ccc(CCC(=O)NCC2(C(N)=O)CCCC2)cc1Cl. The van der Waals surface area contributed by atoms with Crippen LogP contribution in [0.15, 0.2) is 18.2 Å². The largest absolute Gasteiger partial charge is 0.495 e. The molecule has 0 spiro atoms. The van der Waals surface area contributed by atoms with Crippen molar-refractivity contribution in [2.75, 3.05) is 13.7 Å². The van der Waals surface area contributed by atoms with Crippen LogP contribution >= 0.6 is 11.6 Å². The molecule has 1 aromatic rings. The van der Waals surface area contributed by atoms with E-state index in [1.807, 2.05) is 6.07 Å².